The van der Waals surface area contributed by atoms with E-state index in [1.54, 1.807) is 13.8 Å². The van der Waals surface area contributed by atoms with Crippen molar-refractivity contribution in [1.29, 1.82) is 0 Å². The average Bonchev–Trinajstić information content (AvgIpc) is 2.63. The Morgan fingerprint density at radius 1 is 1.00 bits per heavy atom. The minimum atomic E-state index is -4.55. The average molecular weight is 430 g/mol. The standard InChI is InChI=1S/C15H26O12S/c1-3-10(16)24-5-8(26-11(17)4-2)6-25-15-14(20)13(19)12(18)9(27-15)7-28(21,22)23/h8-9,12-15,18-20H,3-7H2,1-2H3,(H,21,22,23)/t8-,9-,12-,13+,14-,15-/m1/s1. The molecule has 0 bridgehead atoms. The van der Waals surface area contributed by atoms with Crippen LogP contribution in [0.25, 0.3) is 0 Å². The molecule has 1 aliphatic heterocycles. The third-order valence-electron chi connectivity index (χ3n) is 3.80. The van der Waals surface area contributed by atoms with E-state index in [1.807, 2.05) is 0 Å². The molecule has 0 aliphatic carbocycles. The Morgan fingerprint density at radius 3 is 2.14 bits per heavy atom. The zero-order valence-electron chi connectivity index (χ0n) is 15.5. The number of aliphatic hydroxyl groups excluding tert-OH is 3. The zero-order chi connectivity index (χ0) is 21.5. The minimum absolute atomic E-state index is 0.0438. The Kier molecular flexibility index (Phi) is 9.69. The van der Waals surface area contributed by atoms with Gasteiger partial charge in [-0.15, -0.1) is 0 Å². The van der Waals surface area contributed by atoms with Gasteiger partial charge in [0.2, 0.25) is 0 Å². The first kappa shape index (κ1) is 24.7. The van der Waals surface area contributed by atoms with Gasteiger partial charge in [-0.3, -0.25) is 14.1 Å². The number of hydrogen-bond acceptors (Lipinski definition) is 11. The molecule has 1 fully saturated rings. The van der Waals surface area contributed by atoms with E-state index < -0.39 is 71.2 Å². The summed E-state index contributed by atoms with van der Waals surface area (Å²) in [4.78, 5) is 22.8. The van der Waals surface area contributed by atoms with Gasteiger partial charge < -0.3 is 34.3 Å². The van der Waals surface area contributed by atoms with Crippen molar-refractivity contribution in [1.82, 2.24) is 0 Å². The van der Waals surface area contributed by atoms with Crippen molar-refractivity contribution in [3.63, 3.8) is 0 Å². The number of carbonyl (C=O) groups excluding carboxylic acids is 2. The summed E-state index contributed by atoms with van der Waals surface area (Å²) in [6, 6.07) is 0. The lowest BCUT2D eigenvalue weighted by Crippen LogP contribution is -2.60. The van der Waals surface area contributed by atoms with Crippen LogP contribution in [0.1, 0.15) is 26.7 Å². The van der Waals surface area contributed by atoms with Gasteiger partial charge >= 0.3 is 11.9 Å². The van der Waals surface area contributed by atoms with E-state index in [0.29, 0.717) is 0 Å². The Bertz CT molecular complexity index is 621. The van der Waals surface area contributed by atoms with Gasteiger partial charge in [-0.2, -0.15) is 8.42 Å². The van der Waals surface area contributed by atoms with E-state index in [-0.39, 0.29) is 19.4 Å². The molecule has 1 heterocycles. The number of esters is 2. The highest BCUT2D eigenvalue weighted by atomic mass is 32.2. The number of rotatable bonds is 10. The lowest BCUT2D eigenvalue weighted by atomic mass is 10.00. The molecule has 1 aliphatic rings. The predicted molar refractivity (Wildman–Crippen MR) is 90.5 cm³/mol. The van der Waals surface area contributed by atoms with Crippen molar-refractivity contribution in [2.45, 2.75) is 63.5 Å². The summed E-state index contributed by atoms with van der Waals surface area (Å²) in [5, 5.41) is 29.6. The summed E-state index contributed by atoms with van der Waals surface area (Å²) in [6.07, 6.45) is -9.46. The smallest absolute Gasteiger partial charge is 0.305 e. The van der Waals surface area contributed by atoms with Crippen LogP contribution in [0.15, 0.2) is 0 Å². The van der Waals surface area contributed by atoms with Crippen LogP contribution < -0.4 is 0 Å². The molecular weight excluding hydrogens is 404 g/mol. The molecule has 13 heteroatoms. The van der Waals surface area contributed by atoms with E-state index in [2.05, 4.69) is 0 Å². The Labute approximate surface area is 162 Å². The van der Waals surface area contributed by atoms with Crippen LogP contribution in [0.3, 0.4) is 0 Å². The van der Waals surface area contributed by atoms with Gasteiger partial charge in [0, 0.05) is 12.8 Å². The maximum atomic E-state index is 11.5. The van der Waals surface area contributed by atoms with Crippen molar-refractivity contribution in [2.75, 3.05) is 19.0 Å². The lowest BCUT2D eigenvalue weighted by Gasteiger charge is -2.40. The Hall–Kier alpha value is -1.35. The van der Waals surface area contributed by atoms with Crippen LogP contribution in [0.5, 0.6) is 0 Å². The van der Waals surface area contributed by atoms with Crippen LogP contribution in [0.2, 0.25) is 0 Å². The molecule has 0 aromatic heterocycles. The molecule has 0 spiro atoms. The second kappa shape index (κ2) is 11.0. The maximum absolute atomic E-state index is 11.5. The fourth-order valence-corrected chi connectivity index (χ4v) is 2.97. The number of carbonyl (C=O) groups is 2. The lowest BCUT2D eigenvalue weighted by molar-refractivity contribution is -0.297. The van der Waals surface area contributed by atoms with Gasteiger partial charge in [0.15, 0.2) is 12.4 Å². The first-order chi connectivity index (χ1) is 13.0. The molecule has 0 aromatic carbocycles. The van der Waals surface area contributed by atoms with Crippen molar-refractivity contribution in [3.05, 3.63) is 0 Å². The number of aliphatic hydroxyl groups is 3. The first-order valence-electron chi connectivity index (χ1n) is 8.60. The zero-order valence-corrected chi connectivity index (χ0v) is 16.3. The van der Waals surface area contributed by atoms with Crippen LogP contribution in [0, 0.1) is 0 Å². The summed E-state index contributed by atoms with van der Waals surface area (Å²) >= 11 is 0. The van der Waals surface area contributed by atoms with Crippen LogP contribution in [-0.2, 0) is 38.7 Å². The van der Waals surface area contributed by atoms with Gasteiger partial charge in [0.05, 0.1) is 6.61 Å². The SMILES string of the molecule is CCC(=O)OC[C@H](CO[C@@H]1O[C@H](CS(=O)(=O)O)[C@@H](O)[C@H](O)[C@H]1O)OC(=O)CC. The van der Waals surface area contributed by atoms with Crippen molar-refractivity contribution < 1.29 is 56.8 Å². The van der Waals surface area contributed by atoms with E-state index in [4.69, 9.17) is 23.5 Å². The van der Waals surface area contributed by atoms with E-state index >= 15 is 0 Å². The van der Waals surface area contributed by atoms with Crippen LogP contribution in [0.4, 0.5) is 0 Å². The maximum Gasteiger partial charge on any atom is 0.305 e. The molecule has 0 aromatic rings. The second-order valence-corrected chi connectivity index (χ2v) is 7.60. The molecule has 1 rings (SSSR count). The molecule has 0 amide bonds. The van der Waals surface area contributed by atoms with E-state index in [9.17, 15) is 33.3 Å². The highest BCUT2D eigenvalue weighted by molar-refractivity contribution is 7.85. The van der Waals surface area contributed by atoms with Gasteiger partial charge in [-0.1, -0.05) is 13.8 Å². The monoisotopic (exact) mass is 430 g/mol. The van der Waals surface area contributed by atoms with Crippen LogP contribution in [-0.4, -0.2) is 96.0 Å². The normalized spacial score (nSPS) is 29.1. The summed E-state index contributed by atoms with van der Waals surface area (Å²) < 4.78 is 51.2. The summed E-state index contributed by atoms with van der Waals surface area (Å²) in [7, 11) is -4.55. The number of hydrogen-bond donors (Lipinski definition) is 4. The predicted octanol–water partition coefficient (Wildman–Crippen LogP) is -2.03. The molecular formula is C15H26O12S. The summed E-state index contributed by atoms with van der Waals surface area (Å²) in [5.41, 5.74) is 0. The molecule has 0 radical (unpaired) electrons. The third kappa shape index (κ3) is 7.95. The molecule has 12 nitrogen and oxygen atoms in total. The molecule has 28 heavy (non-hydrogen) atoms. The Balaban J connectivity index is 2.76. The number of ether oxygens (including phenoxy) is 4. The van der Waals surface area contributed by atoms with E-state index in [0.717, 1.165) is 0 Å². The van der Waals surface area contributed by atoms with Gasteiger partial charge in [-0.05, 0) is 0 Å². The van der Waals surface area contributed by atoms with Crippen LogP contribution >= 0.6 is 0 Å². The van der Waals surface area contributed by atoms with Crippen molar-refractivity contribution in [3.8, 4) is 0 Å². The molecule has 164 valence electrons. The van der Waals surface area contributed by atoms with Crippen molar-refractivity contribution in [2.24, 2.45) is 0 Å². The van der Waals surface area contributed by atoms with Gasteiger partial charge in [0.1, 0.15) is 36.8 Å². The molecule has 0 unspecified atom stereocenters. The summed E-state index contributed by atoms with van der Waals surface area (Å²) in [6.45, 7) is 2.36. The minimum Gasteiger partial charge on any atom is -0.462 e. The molecule has 4 N–H and O–H groups in total. The highest BCUT2D eigenvalue weighted by Gasteiger charge is 2.45. The highest BCUT2D eigenvalue weighted by Crippen LogP contribution is 2.23. The molecule has 6 atom stereocenters. The van der Waals surface area contributed by atoms with Crippen molar-refractivity contribution >= 4 is 22.1 Å². The summed E-state index contributed by atoms with van der Waals surface area (Å²) in [5.74, 6) is -2.19. The third-order valence-corrected chi connectivity index (χ3v) is 4.55. The topological polar surface area (TPSA) is 186 Å². The first-order valence-corrected chi connectivity index (χ1v) is 10.2. The molecule has 0 saturated carbocycles. The molecule has 1 saturated heterocycles. The largest absolute Gasteiger partial charge is 0.462 e. The quantitative estimate of drug-likeness (QED) is 0.220. The Morgan fingerprint density at radius 2 is 1.61 bits per heavy atom. The van der Waals surface area contributed by atoms with E-state index in [1.165, 1.54) is 0 Å². The van der Waals surface area contributed by atoms with Gasteiger partial charge in [-0.25, -0.2) is 0 Å². The fourth-order valence-electron chi connectivity index (χ4n) is 2.28. The van der Waals surface area contributed by atoms with Gasteiger partial charge in [0.25, 0.3) is 10.1 Å². The fraction of sp³-hybridized carbons (Fsp3) is 0.867. The second-order valence-electron chi connectivity index (χ2n) is 6.10.